The van der Waals surface area contributed by atoms with Gasteiger partial charge in [0, 0.05) is 38.9 Å². The van der Waals surface area contributed by atoms with Crippen molar-refractivity contribution < 1.29 is 4.79 Å². The lowest BCUT2D eigenvalue weighted by Crippen LogP contribution is -2.54. The van der Waals surface area contributed by atoms with Gasteiger partial charge in [-0.15, -0.1) is 11.3 Å². The van der Waals surface area contributed by atoms with Crippen molar-refractivity contribution in [1.29, 1.82) is 0 Å². The summed E-state index contributed by atoms with van der Waals surface area (Å²) in [6, 6.07) is 0.102. The smallest absolute Gasteiger partial charge is 0.257 e. The van der Waals surface area contributed by atoms with Crippen molar-refractivity contribution in [2.75, 3.05) is 24.5 Å². The molecule has 1 saturated heterocycles. The van der Waals surface area contributed by atoms with Crippen LogP contribution in [-0.2, 0) is 7.05 Å². The predicted molar refractivity (Wildman–Crippen MR) is 98.1 cm³/mol. The fourth-order valence-corrected chi connectivity index (χ4v) is 4.27. The van der Waals surface area contributed by atoms with Crippen LogP contribution in [0.25, 0.3) is 10.2 Å². The first-order valence-corrected chi connectivity index (χ1v) is 9.16. The summed E-state index contributed by atoms with van der Waals surface area (Å²) in [5.74, 6) is 1.02. The molecule has 0 unspecified atom stereocenters. The van der Waals surface area contributed by atoms with Gasteiger partial charge < -0.3 is 9.80 Å². The summed E-state index contributed by atoms with van der Waals surface area (Å²) in [6.07, 6.45) is 5.03. The van der Waals surface area contributed by atoms with Gasteiger partial charge in [0.05, 0.1) is 17.1 Å². The summed E-state index contributed by atoms with van der Waals surface area (Å²) in [5.41, 5.74) is 1.85. The number of hydrogen-bond donors (Lipinski definition) is 0. The molecule has 0 aliphatic carbocycles. The summed E-state index contributed by atoms with van der Waals surface area (Å²) in [4.78, 5) is 26.8. The minimum absolute atomic E-state index is 0.0415. The van der Waals surface area contributed by atoms with Gasteiger partial charge in [-0.3, -0.25) is 9.48 Å². The lowest BCUT2D eigenvalue weighted by Gasteiger charge is -2.40. The number of piperazine rings is 1. The Hall–Kier alpha value is -2.48. The van der Waals surface area contributed by atoms with Gasteiger partial charge in [-0.2, -0.15) is 5.10 Å². The number of aromatic nitrogens is 4. The minimum atomic E-state index is 0.0415. The Bertz CT molecular complexity index is 932. The van der Waals surface area contributed by atoms with Crippen molar-refractivity contribution in [2.24, 2.45) is 7.05 Å². The van der Waals surface area contributed by atoms with E-state index in [9.17, 15) is 4.79 Å². The lowest BCUT2D eigenvalue weighted by molar-refractivity contribution is 0.0674. The quantitative estimate of drug-likeness (QED) is 0.703. The van der Waals surface area contributed by atoms with E-state index in [0.29, 0.717) is 12.1 Å². The molecule has 0 radical (unpaired) electrons. The third-order valence-corrected chi connectivity index (χ3v) is 5.68. The zero-order valence-electron chi connectivity index (χ0n) is 14.5. The highest BCUT2D eigenvalue weighted by atomic mass is 32.1. The second-order valence-electron chi connectivity index (χ2n) is 6.49. The van der Waals surface area contributed by atoms with Gasteiger partial charge in [0.15, 0.2) is 0 Å². The van der Waals surface area contributed by atoms with Gasteiger partial charge in [0.2, 0.25) is 0 Å². The molecule has 1 aliphatic rings. The molecule has 0 N–H and O–H groups in total. The highest BCUT2D eigenvalue weighted by Gasteiger charge is 2.30. The van der Waals surface area contributed by atoms with Gasteiger partial charge in [-0.05, 0) is 24.8 Å². The van der Waals surface area contributed by atoms with Crippen LogP contribution < -0.4 is 4.90 Å². The Morgan fingerprint density at radius 2 is 2.16 bits per heavy atom. The average Bonchev–Trinajstić information content (AvgIpc) is 3.20. The highest BCUT2D eigenvalue weighted by Crippen LogP contribution is 2.31. The topological polar surface area (TPSA) is 67.2 Å². The summed E-state index contributed by atoms with van der Waals surface area (Å²) in [5, 5.41) is 7.35. The van der Waals surface area contributed by atoms with Crippen molar-refractivity contribution in [1.82, 2.24) is 24.6 Å². The minimum Gasteiger partial charge on any atom is -0.352 e. The number of fused-ring (bicyclic) bond motifs is 1. The van der Waals surface area contributed by atoms with E-state index in [2.05, 4.69) is 39.2 Å². The zero-order valence-corrected chi connectivity index (χ0v) is 15.3. The number of amides is 1. The molecule has 25 heavy (non-hydrogen) atoms. The zero-order chi connectivity index (χ0) is 17.6. The van der Waals surface area contributed by atoms with E-state index in [1.54, 1.807) is 34.7 Å². The van der Waals surface area contributed by atoms with E-state index >= 15 is 0 Å². The molecule has 1 amide bonds. The summed E-state index contributed by atoms with van der Waals surface area (Å²) in [7, 11) is 1.82. The maximum absolute atomic E-state index is 12.7. The largest absolute Gasteiger partial charge is 0.352 e. The standard InChI is InChI=1S/C17H20N6OS/c1-11-9-25-16-14(11)15(18-10-19-16)22-4-5-23(12(2)7-22)17(24)13-6-20-21(3)8-13/h6,8-10,12H,4-5,7H2,1-3H3/t12-/m0/s1. The fraction of sp³-hybridized carbons (Fsp3) is 0.412. The van der Waals surface area contributed by atoms with Crippen LogP contribution in [0, 0.1) is 6.92 Å². The van der Waals surface area contributed by atoms with E-state index in [1.165, 1.54) is 5.56 Å². The van der Waals surface area contributed by atoms with Crippen molar-refractivity contribution in [3.8, 4) is 0 Å². The summed E-state index contributed by atoms with van der Waals surface area (Å²) < 4.78 is 1.66. The molecule has 4 rings (SSSR count). The molecule has 1 atom stereocenters. The Balaban J connectivity index is 1.57. The summed E-state index contributed by atoms with van der Waals surface area (Å²) in [6.45, 7) is 6.37. The number of thiophene rings is 1. The number of carbonyl (C=O) groups excluding carboxylic acids is 1. The molecule has 0 bridgehead atoms. The second-order valence-corrected chi connectivity index (χ2v) is 7.35. The van der Waals surface area contributed by atoms with Crippen LogP contribution in [-0.4, -0.2) is 56.2 Å². The third kappa shape index (κ3) is 2.76. The number of carbonyl (C=O) groups is 1. The van der Waals surface area contributed by atoms with Gasteiger partial charge >= 0.3 is 0 Å². The van der Waals surface area contributed by atoms with Crippen molar-refractivity contribution in [2.45, 2.75) is 19.9 Å². The Morgan fingerprint density at radius 3 is 2.88 bits per heavy atom. The third-order valence-electron chi connectivity index (χ3n) is 4.67. The maximum atomic E-state index is 12.7. The monoisotopic (exact) mass is 356 g/mol. The SMILES string of the molecule is Cc1csc2ncnc(N3CCN(C(=O)c4cnn(C)c4)[C@@H](C)C3)c12. The van der Waals surface area contributed by atoms with Gasteiger partial charge in [-0.1, -0.05) is 0 Å². The number of anilines is 1. The molecule has 0 aromatic carbocycles. The molecule has 3 aromatic heterocycles. The molecular weight excluding hydrogens is 336 g/mol. The first-order valence-electron chi connectivity index (χ1n) is 8.28. The van der Waals surface area contributed by atoms with Crippen molar-refractivity contribution in [3.05, 3.63) is 35.2 Å². The first kappa shape index (κ1) is 16.0. The molecule has 7 nitrogen and oxygen atoms in total. The van der Waals surface area contributed by atoms with Crippen molar-refractivity contribution >= 4 is 33.3 Å². The average molecular weight is 356 g/mol. The van der Waals surface area contributed by atoms with Crippen LogP contribution in [0.4, 0.5) is 5.82 Å². The lowest BCUT2D eigenvalue weighted by atomic mass is 10.1. The molecule has 0 saturated carbocycles. The van der Waals surface area contributed by atoms with Crippen LogP contribution in [0.1, 0.15) is 22.8 Å². The van der Waals surface area contributed by atoms with E-state index in [0.717, 1.165) is 29.1 Å². The Morgan fingerprint density at radius 1 is 1.32 bits per heavy atom. The number of rotatable bonds is 2. The number of nitrogens with zero attached hydrogens (tertiary/aromatic N) is 6. The maximum Gasteiger partial charge on any atom is 0.257 e. The molecule has 1 aliphatic heterocycles. The fourth-order valence-electron chi connectivity index (χ4n) is 3.39. The molecule has 3 aromatic rings. The Labute approximate surface area is 149 Å². The molecule has 0 spiro atoms. The molecular formula is C17H20N6OS. The van der Waals surface area contributed by atoms with E-state index in [4.69, 9.17) is 0 Å². The van der Waals surface area contributed by atoms with Crippen LogP contribution in [0.5, 0.6) is 0 Å². The molecule has 8 heteroatoms. The van der Waals surface area contributed by atoms with Gasteiger partial charge in [-0.25, -0.2) is 9.97 Å². The van der Waals surface area contributed by atoms with E-state index in [1.807, 2.05) is 11.9 Å². The molecule has 130 valence electrons. The normalized spacial score (nSPS) is 18.1. The number of hydrogen-bond acceptors (Lipinski definition) is 6. The number of aryl methyl sites for hydroxylation is 2. The van der Waals surface area contributed by atoms with Crippen LogP contribution in [0.3, 0.4) is 0 Å². The first-order chi connectivity index (χ1) is 12.0. The van der Waals surface area contributed by atoms with E-state index < -0.39 is 0 Å². The summed E-state index contributed by atoms with van der Waals surface area (Å²) >= 11 is 1.65. The van der Waals surface area contributed by atoms with Crippen LogP contribution in [0.2, 0.25) is 0 Å². The Kier molecular flexibility index (Phi) is 3.91. The van der Waals surface area contributed by atoms with Crippen molar-refractivity contribution in [3.63, 3.8) is 0 Å². The molecule has 1 fully saturated rings. The predicted octanol–water partition coefficient (Wildman–Crippen LogP) is 2.08. The van der Waals surface area contributed by atoms with Crippen LogP contribution >= 0.6 is 11.3 Å². The second kappa shape index (κ2) is 6.11. The van der Waals surface area contributed by atoms with Gasteiger partial charge in [0.25, 0.3) is 5.91 Å². The van der Waals surface area contributed by atoms with Gasteiger partial charge in [0.1, 0.15) is 17.0 Å². The van der Waals surface area contributed by atoms with Crippen LogP contribution in [0.15, 0.2) is 24.1 Å². The van der Waals surface area contributed by atoms with E-state index in [-0.39, 0.29) is 11.9 Å². The molecule has 4 heterocycles. The highest BCUT2D eigenvalue weighted by molar-refractivity contribution is 7.17.